The summed E-state index contributed by atoms with van der Waals surface area (Å²) in [4.78, 5) is 92.0. The van der Waals surface area contributed by atoms with Gasteiger partial charge in [0.1, 0.15) is 41.3 Å². The maximum atomic E-state index is 12.1. The number of hydrogen-bond donors (Lipinski definition) is 2. The van der Waals surface area contributed by atoms with Gasteiger partial charge in [-0.1, -0.05) is 91.0 Å². The van der Waals surface area contributed by atoms with Crippen molar-refractivity contribution in [2.75, 3.05) is 19.8 Å². The third kappa shape index (κ3) is 17.4. The topological polar surface area (TPSA) is 285 Å². The molecule has 0 spiro atoms. The van der Waals surface area contributed by atoms with Gasteiger partial charge in [0.05, 0.1) is 32.3 Å². The lowest BCUT2D eigenvalue weighted by Crippen LogP contribution is -2.16. The third-order valence-electron chi connectivity index (χ3n) is 8.76. The molecule has 0 saturated carbocycles. The van der Waals surface area contributed by atoms with E-state index in [0.29, 0.717) is 0 Å². The van der Waals surface area contributed by atoms with Crippen molar-refractivity contribution >= 4 is 55.7 Å². The fraction of sp³-hybridized carbons (Fsp3) is 0.176. The summed E-state index contributed by atoms with van der Waals surface area (Å²) in [5.74, 6) is -6.40. The lowest BCUT2D eigenvalue weighted by Gasteiger charge is -2.09. The zero-order chi connectivity index (χ0) is 53.3. The molecule has 73 heavy (non-hydrogen) atoms. The smallest absolute Gasteiger partial charge is 0.378 e. The minimum atomic E-state index is -1.34. The molecule has 0 aliphatic rings. The van der Waals surface area contributed by atoms with E-state index >= 15 is 0 Å². The molecule has 0 saturated heterocycles. The van der Waals surface area contributed by atoms with E-state index in [4.69, 9.17) is 46.5 Å². The first-order valence-electron chi connectivity index (χ1n) is 21.4. The summed E-state index contributed by atoms with van der Waals surface area (Å²) >= 11 is 5.91. The number of ether oxygens (including phenoxy) is 6. The van der Waals surface area contributed by atoms with Gasteiger partial charge >= 0.3 is 23.9 Å². The molecule has 0 bridgehead atoms. The molecule has 3 aromatic carbocycles. The Balaban J connectivity index is 0.000000213. The van der Waals surface area contributed by atoms with Gasteiger partial charge in [-0.3, -0.25) is 19.2 Å². The van der Waals surface area contributed by atoms with Gasteiger partial charge in [-0.25, -0.2) is 19.2 Å². The predicted octanol–water partition coefficient (Wildman–Crippen LogP) is 8.76. The van der Waals surface area contributed by atoms with Crippen LogP contribution in [0.3, 0.4) is 0 Å². The van der Waals surface area contributed by atoms with Crippen LogP contribution in [0, 0.1) is 0 Å². The molecular formula is C51H44Br2O20. The second-order valence-corrected chi connectivity index (χ2v) is 15.5. The van der Waals surface area contributed by atoms with Crippen LogP contribution in [-0.2, 0) is 34.0 Å². The lowest BCUT2D eigenvalue weighted by atomic mass is 10.2. The summed E-state index contributed by atoms with van der Waals surface area (Å²) in [6.45, 7) is 5.87. The van der Waals surface area contributed by atoms with Crippen molar-refractivity contribution in [3.8, 4) is 23.0 Å². The molecule has 20 nitrogen and oxygen atoms in total. The fourth-order valence-electron chi connectivity index (χ4n) is 5.43. The van der Waals surface area contributed by atoms with Gasteiger partial charge in [-0.2, -0.15) is 0 Å². The molecule has 0 radical (unpaired) electrons. The molecule has 7 rings (SSSR count). The zero-order valence-electron chi connectivity index (χ0n) is 38.9. The van der Waals surface area contributed by atoms with Crippen molar-refractivity contribution in [2.45, 2.75) is 40.6 Å². The predicted molar refractivity (Wildman–Crippen MR) is 264 cm³/mol. The van der Waals surface area contributed by atoms with E-state index in [1.807, 2.05) is 91.0 Å². The lowest BCUT2D eigenvalue weighted by molar-refractivity contribution is 0.0469. The third-order valence-corrected chi connectivity index (χ3v) is 9.86. The Morgan fingerprint density at radius 3 is 1.22 bits per heavy atom. The molecule has 0 fully saturated rings. The number of aromatic hydroxyl groups is 1. The number of halogens is 2. The van der Waals surface area contributed by atoms with Crippen molar-refractivity contribution in [3.63, 3.8) is 0 Å². The van der Waals surface area contributed by atoms with Crippen LogP contribution in [0.5, 0.6) is 23.0 Å². The molecule has 4 aromatic heterocycles. The highest BCUT2D eigenvalue weighted by Crippen LogP contribution is 2.21. The average molecular weight is 1140 g/mol. The number of carboxylic acids is 1. The molecule has 22 heteroatoms. The maximum absolute atomic E-state index is 12.1. The first-order chi connectivity index (χ1) is 35.1. The molecule has 0 aliphatic heterocycles. The number of benzene rings is 3. The molecule has 0 aliphatic carbocycles. The Bertz CT molecular complexity index is 3170. The Morgan fingerprint density at radius 2 is 0.808 bits per heavy atom. The summed E-state index contributed by atoms with van der Waals surface area (Å²) in [5, 5.41) is 18.1. The summed E-state index contributed by atoms with van der Waals surface area (Å²) in [7, 11) is 0. The van der Waals surface area contributed by atoms with Gasteiger partial charge in [0, 0.05) is 12.1 Å². The first-order valence-corrected chi connectivity index (χ1v) is 23.0. The van der Waals surface area contributed by atoms with E-state index in [-0.39, 0.29) is 77.4 Å². The van der Waals surface area contributed by atoms with Crippen molar-refractivity contribution in [2.24, 2.45) is 0 Å². The normalized spacial score (nSPS) is 10.0. The molecule has 0 unspecified atom stereocenters. The Kier molecular flexibility index (Phi) is 23.2. The molecule has 0 atom stereocenters. The Morgan fingerprint density at radius 1 is 0.466 bits per heavy atom. The number of aromatic carboxylic acids is 1. The standard InChI is InChI=1S/C15H13BrO5.C15H14O5.C13H10O5.C8H7BrO5/c1-2-19-15(18)14-13(12(17)11(16)9-21-14)20-8-10-6-4-3-5-7-10;1-2-18-15(17)14-13(12(16)8-9-19-14)20-10-11-6-4-3-5-7-11;14-10-6-7-17-12(13(15)16)11(10)18-8-9-4-2-1-3-5-9;1-2-13-8(12)7-6(11)5(10)4(9)3-14-7/h3-7,9H,2,8H2,1H3;3-9H,2,10H2,1H3;1-7H,8H2,(H,15,16);3,11H,2H2,1H3. The van der Waals surface area contributed by atoms with Gasteiger partial charge in [0.25, 0.3) is 23.0 Å². The van der Waals surface area contributed by atoms with Gasteiger partial charge in [0.15, 0.2) is 0 Å². The van der Waals surface area contributed by atoms with E-state index in [9.17, 15) is 43.5 Å². The van der Waals surface area contributed by atoms with Crippen molar-refractivity contribution in [1.82, 2.24) is 0 Å². The van der Waals surface area contributed by atoms with Crippen LogP contribution in [0.4, 0.5) is 0 Å². The van der Waals surface area contributed by atoms with Gasteiger partial charge < -0.3 is 56.3 Å². The highest BCUT2D eigenvalue weighted by atomic mass is 79.9. The SMILES string of the molecule is CCOC(=O)c1occ(Br)c(=O)c1O.CCOC(=O)c1occ(Br)c(=O)c1OCc1ccccc1.CCOC(=O)c1occc(=O)c1OCc1ccccc1.O=C(O)c1occc(=O)c1OCc1ccccc1. The summed E-state index contributed by atoms with van der Waals surface area (Å²) in [6, 6.07) is 30.0. The van der Waals surface area contributed by atoms with E-state index < -0.39 is 62.9 Å². The minimum absolute atomic E-state index is 0.0445. The van der Waals surface area contributed by atoms with Crippen LogP contribution in [0.1, 0.15) is 79.7 Å². The maximum Gasteiger partial charge on any atom is 0.378 e. The molecule has 2 N–H and O–H groups in total. The van der Waals surface area contributed by atoms with Crippen molar-refractivity contribution in [1.29, 1.82) is 0 Å². The van der Waals surface area contributed by atoms with E-state index in [2.05, 4.69) is 36.6 Å². The molecule has 382 valence electrons. The van der Waals surface area contributed by atoms with Crippen LogP contribution in [0.25, 0.3) is 0 Å². The van der Waals surface area contributed by atoms with Crippen LogP contribution < -0.4 is 35.9 Å². The molecule has 7 aromatic rings. The zero-order valence-corrected chi connectivity index (χ0v) is 42.0. The van der Waals surface area contributed by atoms with Gasteiger partial charge in [-0.15, -0.1) is 0 Å². The number of carbonyl (C=O) groups is 4. The van der Waals surface area contributed by atoms with Crippen LogP contribution in [0.2, 0.25) is 0 Å². The number of hydrogen-bond acceptors (Lipinski definition) is 19. The van der Waals surface area contributed by atoms with E-state index in [1.165, 1.54) is 6.07 Å². The van der Waals surface area contributed by atoms with Crippen LogP contribution >= 0.6 is 31.9 Å². The Hall–Kier alpha value is -8.50. The second-order valence-electron chi connectivity index (χ2n) is 13.8. The van der Waals surface area contributed by atoms with Crippen LogP contribution in [-0.4, -0.2) is 53.9 Å². The van der Waals surface area contributed by atoms with Crippen molar-refractivity contribution in [3.05, 3.63) is 218 Å². The highest BCUT2D eigenvalue weighted by Gasteiger charge is 2.24. The average Bonchev–Trinajstić information content (AvgIpc) is 3.39. The number of rotatable bonds is 16. The summed E-state index contributed by atoms with van der Waals surface area (Å²) < 4.78 is 50.2. The van der Waals surface area contributed by atoms with Gasteiger partial charge in [0.2, 0.25) is 44.7 Å². The van der Waals surface area contributed by atoms with Crippen LogP contribution in [0.15, 0.2) is 174 Å². The fourth-order valence-corrected chi connectivity index (χ4v) is 5.99. The molecular weight excluding hydrogens is 1090 g/mol. The Labute approximate surface area is 430 Å². The largest absolute Gasteiger partial charge is 0.501 e. The number of esters is 3. The summed E-state index contributed by atoms with van der Waals surface area (Å²) in [6.07, 6.45) is 4.34. The minimum Gasteiger partial charge on any atom is -0.501 e. The number of carbonyl (C=O) groups excluding carboxylic acids is 3. The monoisotopic (exact) mass is 1130 g/mol. The first kappa shape index (κ1) is 57.1. The van der Waals surface area contributed by atoms with Crippen molar-refractivity contribution < 1.29 is 75.5 Å². The number of carboxylic acid groups (broad SMARTS) is 1. The highest BCUT2D eigenvalue weighted by molar-refractivity contribution is 9.10. The molecule has 4 heterocycles. The van der Waals surface area contributed by atoms with E-state index in [1.54, 1.807) is 20.8 Å². The second kappa shape index (κ2) is 29.6. The molecule has 0 amide bonds. The summed E-state index contributed by atoms with van der Waals surface area (Å²) in [5.41, 5.74) is 0.471. The van der Waals surface area contributed by atoms with E-state index in [0.717, 1.165) is 47.8 Å². The quantitative estimate of drug-likeness (QED) is 0.0675. The van der Waals surface area contributed by atoms with Gasteiger partial charge in [-0.05, 0) is 69.3 Å².